The van der Waals surface area contributed by atoms with Crippen LogP contribution in [0.1, 0.15) is 22.3 Å². The van der Waals surface area contributed by atoms with Crippen LogP contribution in [0.3, 0.4) is 0 Å². The van der Waals surface area contributed by atoms with Crippen LogP contribution in [0.2, 0.25) is 0 Å². The molecular formula is C61H40N2. The molecule has 1 spiro atoms. The van der Waals surface area contributed by atoms with Crippen LogP contribution in [-0.2, 0) is 5.41 Å². The summed E-state index contributed by atoms with van der Waals surface area (Å²) < 4.78 is 2.54. The van der Waals surface area contributed by atoms with Crippen molar-refractivity contribution in [2.45, 2.75) is 5.41 Å². The zero-order valence-corrected chi connectivity index (χ0v) is 34.5. The van der Waals surface area contributed by atoms with Crippen LogP contribution < -0.4 is 4.90 Å². The van der Waals surface area contributed by atoms with Crippen LogP contribution in [0.25, 0.3) is 72.0 Å². The van der Waals surface area contributed by atoms with Crippen molar-refractivity contribution in [3.05, 3.63) is 265 Å². The fourth-order valence-corrected chi connectivity index (χ4v) is 10.9. The van der Waals surface area contributed by atoms with Gasteiger partial charge in [-0.25, -0.2) is 0 Å². The highest BCUT2D eigenvalue weighted by Crippen LogP contribution is 2.61. The molecule has 1 aromatic heterocycles. The summed E-state index contributed by atoms with van der Waals surface area (Å²) in [4.78, 5) is 2.44. The molecule has 0 unspecified atom stereocenters. The lowest BCUT2D eigenvalue weighted by Gasteiger charge is -2.39. The van der Waals surface area contributed by atoms with Gasteiger partial charge in [-0.1, -0.05) is 200 Å². The Bertz CT molecular complexity index is 3500. The second kappa shape index (κ2) is 13.9. The number of aromatic nitrogens is 1. The van der Waals surface area contributed by atoms with E-state index in [0.29, 0.717) is 0 Å². The van der Waals surface area contributed by atoms with Crippen molar-refractivity contribution < 1.29 is 0 Å². The summed E-state index contributed by atoms with van der Waals surface area (Å²) in [6.45, 7) is 0. The molecule has 2 aliphatic rings. The molecule has 11 aromatic rings. The summed E-state index contributed by atoms with van der Waals surface area (Å²) in [6.07, 6.45) is 0. The van der Waals surface area contributed by atoms with Gasteiger partial charge in [0.05, 0.1) is 27.8 Å². The Kier molecular flexibility index (Phi) is 7.85. The molecule has 13 rings (SSSR count). The third-order valence-corrected chi connectivity index (χ3v) is 13.6. The van der Waals surface area contributed by atoms with Gasteiger partial charge in [0.25, 0.3) is 0 Å². The molecular weight excluding hydrogens is 761 g/mol. The molecule has 0 saturated carbocycles. The van der Waals surface area contributed by atoms with Gasteiger partial charge in [-0.05, 0) is 104 Å². The van der Waals surface area contributed by atoms with Crippen molar-refractivity contribution in [1.29, 1.82) is 0 Å². The molecule has 294 valence electrons. The quantitative estimate of drug-likeness (QED) is 0.163. The van der Waals surface area contributed by atoms with Gasteiger partial charge in [-0.15, -0.1) is 0 Å². The minimum atomic E-state index is -0.446. The van der Waals surface area contributed by atoms with Gasteiger partial charge in [-0.2, -0.15) is 0 Å². The van der Waals surface area contributed by atoms with Crippen molar-refractivity contribution in [1.82, 2.24) is 4.57 Å². The molecule has 10 aromatic carbocycles. The zero-order valence-electron chi connectivity index (χ0n) is 34.5. The Morgan fingerprint density at radius 1 is 0.317 bits per heavy atom. The van der Waals surface area contributed by atoms with Crippen LogP contribution in [0.5, 0.6) is 0 Å². The van der Waals surface area contributed by atoms with E-state index in [-0.39, 0.29) is 0 Å². The third kappa shape index (κ3) is 5.19. The van der Waals surface area contributed by atoms with Crippen LogP contribution in [0.15, 0.2) is 243 Å². The SMILES string of the molecule is c1ccc(-c2ccc(-c3ccccc3N(c3ccc(-c4ccccc4)cc3)c3ccc4c(c3)c3cccc5c3n4-c3ccccc3C53c4ccccc4-c4ccccc43)cc2)cc1. The normalized spacial score (nSPS) is 12.9. The molecule has 0 bridgehead atoms. The monoisotopic (exact) mass is 800 g/mol. The molecule has 2 heterocycles. The maximum absolute atomic E-state index is 2.54. The summed E-state index contributed by atoms with van der Waals surface area (Å²) >= 11 is 0. The second-order valence-corrected chi connectivity index (χ2v) is 16.8. The lowest BCUT2D eigenvalue weighted by atomic mass is 9.65. The molecule has 0 fully saturated rings. The number of nitrogens with zero attached hydrogens (tertiary/aromatic N) is 2. The number of para-hydroxylation sites is 3. The fraction of sp³-hybridized carbons (Fsp3) is 0.0164. The number of benzene rings is 10. The van der Waals surface area contributed by atoms with Gasteiger partial charge in [0, 0.05) is 27.7 Å². The maximum atomic E-state index is 2.54. The zero-order chi connectivity index (χ0) is 41.5. The summed E-state index contributed by atoms with van der Waals surface area (Å²) in [7, 11) is 0. The van der Waals surface area contributed by atoms with Crippen molar-refractivity contribution in [2.75, 3.05) is 4.90 Å². The highest BCUT2D eigenvalue weighted by atomic mass is 15.1. The first kappa shape index (κ1) is 35.5. The van der Waals surface area contributed by atoms with Crippen LogP contribution in [0.4, 0.5) is 17.1 Å². The summed E-state index contributed by atoms with van der Waals surface area (Å²) in [5, 5.41) is 2.48. The average Bonchev–Trinajstić information content (AvgIpc) is 3.85. The van der Waals surface area contributed by atoms with Crippen molar-refractivity contribution >= 4 is 38.9 Å². The van der Waals surface area contributed by atoms with Crippen LogP contribution in [0, 0.1) is 0 Å². The van der Waals surface area contributed by atoms with Crippen molar-refractivity contribution in [3.8, 4) is 50.2 Å². The van der Waals surface area contributed by atoms with Gasteiger partial charge in [0.1, 0.15) is 0 Å². The minimum absolute atomic E-state index is 0.446. The van der Waals surface area contributed by atoms with E-state index in [1.54, 1.807) is 0 Å². The van der Waals surface area contributed by atoms with E-state index in [9.17, 15) is 0 Å². The molecule has 0 amide bonds. The molecule has 63 heavy (non-hydrogen) atoms. The van der Waals surface area contributed by atoms with Crippen LogP contribution in [-0.4, -0.2) is 4.57 Å². The number of hydrogen-bond acceptors (Lipinski definition) is 1. The summed E-state index contributed by atoms with van der Waals surface area (Å²) in [5.41, 5.74) is 21.7. The highest BCUT2D eigenvalue weighted by molar-refractivity contribution is 6.14. The fourth-order valence-electron chi connectivity index (χ4n) is 10.9. The molecule has 2 nitrogen and oxygen atoms in total. The smallest absolute Gasteiger partial charge is 0.0754 e. The predicted molar refractivity (Wildman–Crippen MR) is 263 cm³/mol. The Balaban J connectivity index is 1.04. The molecule has 0 saturated heterocycles. The van der Waals surface area contributed by atoms with Gasteiger partial charge in [-0.3, -0.25) is 0 Å². The van der Waals surface area contributed by atoms with E-state index in [0.717, 1.165) is 17.1 Å². The maximum Gasteiger partial charge on any atom is 0.0754 e. The Morgan fingerprint density at radius 2 is 0.810 bits per heavy atom. The number of anilines is 3. The van der Waals surface area contributed by atoms with Gasteiger partial charge in [0.2, 0.25) is 0 Å². The van der Waals surface area contributed by atoms with E-state index >= 15 is 0 Å². The van der Waals surface area contributed by atoms with E-state index in [2.05, 4.69) is 252 Å². The number of hydrogen-bond donors (Lipinski definition) is 0. The van der Waals surface area contributed by atoms with Gasteiger partial charge in [0.15, 0.2) is 0 Å². The van der Waals surface area contributed by atoms with E-state index in [1.165, 1.54) is 94.3 Å². The van der Waals surface area contributed by atoms with E-state index < -0.39 is 5.41 Å². The summed E-state index contributed by atoms with van der Waals surface area (Å²) in [5.74, 6) is 0. The molecule has 0 atom stereocenters. The standard InChI is InChI=1S/C61H40N2/c1-3-16-41(17-4-1)43-30-32-45(33-31-43)48-20-9-13-28-57(48)62(46-36-34-44(35-37-46)42-18-5-2-6-19-42)47-38-39-58-52(40-47)51-23-15-27-56-60(51)63(58)59-29-14-12-26-55(59)61(56)53-24-10-7-21-49(53)50-22-8-11-25-54(50)61/h1-40H. The highest BCUT2D eigenvalue weighted by Gasteiger charge is 2.50. The first-order chi connectivity index (χ1) is 31.3. The first-order valence-electron chi connectivity index (χ1n) is 21.8. The molecule has 0 N–H and O–H groups in total. The molecule has 2 heteroatoms. The van der Waals surface area contributed by atoms with Gasteiger partial charge >= 0.3 is 0 Å². The molecule has 1 aliphatic carbocycles. The Hall–Kier alpha value is -8.20. The lowest BCUT2D eigenvalue weighted by Crippen LogP contribution is -2.33. The van der Waals surface area contributed by atoms with Crippen LogP contribution >= 0.6 is 0 Å². The van der Waals surface area contributed by atoms with Crippen molar-refractivity contribution in [3.63, 3.8) is 0 Å². The summed E-state index contributed by atoms with van der Waals surface area (Å²) in [6, 6.07) is 89.4. The Labute approximate surface area is 367 Å². The topological polar surface area (TPSA) is 8.17 Å². The largest absolute Gasteiger partial charge is 0.310 e. The second-order valence-electron chi connectivity index (χ2n) is 16.8. The van der Waals surface area contributed by atoms with Crippen molar-refractivity contribution in [2.24, 2.45) is 0 Å². The van der Waals surface area contributed by atoms with E-state index in [1.807, 2.05) is 0 Å². The number of fused-ring (bicyclic) bond motifs is 12. The first-order valence-corrected chi connectivity index (χ1v) is 21.8. The molecule has 0 radical (unpaired) electrons. The van der Waals surface area contributed by atoms with E-state index in [4.69, 9.17) is 0 Å². The third-order valence-electron chi connectivity index (χ3n) is 13.6. The predicted octanol–water partition coefficient (Wildman–Crippen LogP) is 15.9. The minimum Gasteiger partial charge on any atom is -0.310 e. The number of rotatable bonds is 6. The lowest BCUT2D eigenvalue weighted by molar-refractivity contribution is 0.748. The Morgan fingerprint density at radius 3 is 1.48 bits per heavy atom. The van der Waals surface area contributed by atoms with Gasteiger partial charge < -0.3 is 9.47 Å². The average molecular weight is 801 g/mol. The molecule has 1 aliphatic heterocycles.